The van der Waals surface area contributed by atoms with Crippen molar-refractivity contribution in [3.05, 3.63) is 47.4 Å². The second-order valence-electron chi connectivity index (χ2n) is 7.81. The number of hydrogen-bond donors (Lipinski definition) is 2. The van der Waals surface area contributed by atoms with E-state index in [2.05, 4.69) is 25.8 Å². The molecule has 3 rings (SSSR count). The van der Waals surface area contributed by atoms with Crippen LogP contribution in [0.5, 0.6) is 0 Å². The molecular formula is C19H26FN5O. The van der Waals surface area contributed by atoms with Gasteiger partial charge in [0.15, 0.2) is 11.8 Å². The summed E-state index contributed by atoms with van der Waals surface area (Å²) in [5.74, 6) is 1.67. The second-order valence-corrected chi connectivity index (χ2v) is 7.81. The Bertz CT molecular complexity index is 789. The van der Waals surface area contributed by atoms with Crippen LogP contribution < -0.4 is 10.6 Å². The molecule has 2 N–H and O–H groups in total. The number of nitrogens with one attached hydrogen (secondary N) is 2. The van der Waals surface area contributed by atoms with Gasteiger partial charge in [0.1, 0.15) is 5.82 Å². The third kappa shape index (κ3) is 4.03. The van der Waals surface area contributed by atoms with E-state index in [9.17, 15) is 4.39 Å². The average Bonchev–Trinajstić information content (AvgIpc) is 3.22. The van der Waals surface area contributed by atoms with Crippen molar-refractivity contribution in [2.45, 2.75) is 51.0 Å². The van der Waals surface area contributed by atoms with Crippen LogP contribution in [-0.4, -0.2) is 29.7 Å². The molecule has 0 spiro atoms. The Kier molecular flexibility index (Phi) is 4.98. The standard InChI is InChI=1S/C19H26FN5O/c1-18(2,3)16-24-15(25-26-16)11-22-17(21-4)23-12-19(9-10-19)13-7-5-6-8-14(13)20/h5-8H,9-12H2,1-4H3,(H2,21,22,23). The molecule has 0 saturated heterocycles. The minimum absolute atomic E-state index is 0.142. The minimum Gasteiger partial charge on any atom is -0.356 e. The average molecular weight is 359 g/mol. The summed E-state index contributed by atoms with van der Waals surface area (Å²) < 4.78 is 19.4. The molecule has 1 saturated carbocycles. The zero-order chi connectivity index (χ0) is 18.8. The van der Waals surface area contributed by atoms with Gasteiger partial charge in [-0.1, -0.05) is 44.1 Å². The summed E-state index contributed by atoms with van der Waals surface area (Å²) in [7, 11) is 1.70. The lowest BCUT2D eigenvalue weighted by Crippen LogP contribution is -2.41. The van der Waals surface area contributed by atoms with Gasteiger partial charge in [0, 0.05) is 24.4 Å². The number of nitrogens with zero attached hydrogens (tertiary/aromatic N) is 3. The van der Waals surface area contributed by atoms with Gasteiger partial charge in [-0.3, -0.25) is 4.99 Å². The molecule has 26 heavy (non-hydrogen) atoms. The summed E-state index contributed by atoms with van der Waals surface area (Å²) in [6.07, 6.45) is 1.94. The molecule has 1 aromatic carbocycles. The van der Waals surface area contributed by atoms with E-state index in [4.69, 9.17) is 4.52 Å². The van der Waals surface area contributed by atoms with Crippen LogP contribution in [0.25, 0.3) is 0 Å². The van der Waals surface area contributed by atoms with Crippen molar-refractivity contribution < 1.29 is 8.91 Å². The first kappa shape index (κ1) is 18.4. The SMILES string of the molecule is CN=C(NCc1noc(C(C)(C)C)n1)NCC1(c2ccccc2F)CC1. The minimum atomic E-state index is -0.177. The van der Waals surface area contributed by atoms with Crippen LogP contribution >= 0.6 is 0 Å². The number of guanidine groups is 1. The van der Waals surface area contributed by atoms with Gasteiger partial charge in [-0.05, 0) is 24.5 Å². The zero-order valence-corrected chi connectivity index (χ0v) is 15.8. The van der Waals surface area contributed by atoms with E-state index in [0.29, 0.717) is 30.8 Å². The molecule has 2 aromatic rings. The van der Waals surface area contributed by atoms with Crippen LogP contribution in [0.4, 0.5) is 4.39 Å². The first-order valence-electron chi connectivity index (χ1n) is 8.87. The van der Waals surface area contributed by atoms with Crippen molar-refractivity contribution in [3.8, 4) is 0 Å². The van der Waals surface area contributed by atoms with E-state index in [-0.39, 0.29) is 16.6 Å². The monoisotopic (exact) mass is 359 g/mol. The quantitative estimate of drug-likeness (QED) is 0.634. The number of halogens is 1. The molecule has 0 atom stereocenters. The van der Waals surface area contributed by atoms with Gasteiger partial charge in [-0.25, -0.2) is 4.39 Å². The Hall–Kier alpha value is -2.44. The van der Waals surface area contributed by atoms with Crippen molar-refractivity contribution in [1.82, 2.24) is 20.8 Å². The van der Waals surface area contributed by atoms with Crippen LogP contribution in [0.3, 0.4) is 0 Å². The fourth-order valence-corrected chi connectivity index (χ4v) is 2.85. The smallest absolute Gasteiger partial charge is 0.232 e. The molecule has 0 aliphatic heterocycles. The van der Waals surface area contributed by atoms with Crippen LogP contribution in [0, 0.1) is 5.82 Å². The molecule has 1 aliphatic carbocycles. The summed E-state index contributed by atoms with van der Waals surface area (Å²) in [5, 5.41) is 10.5. The molecule has 1 aliphatic rings. The van der Waals surface area contributed by atoms with E-state index in [1.807, 2.05) is 32.9 Å². The van der Waals surface area contributed by atoms with Crippen molar-refractivity contribution >= 4 is 5.96 Å². The van der Waals surface area contributed by atoms with Gasteiger partial charge >= 0.3 is 0 Å². The molecule has 0 unspecified atom stereocenters. The lowest BCUT2D eigenvalue weighted by atomic mass is 9.95. The number of benzene rings is 1. The van der Waals surface area contributed by atoms with Crippen LogP contribution in [0.1, 0.15) is 50.9 Å². The number of hydrogen-bond acceptors (Lipinski definition) is 4. The maximum atomic E-state index is 14.1. The van der Waals surface area contributed by atoms with E-state index in [0.717, 1.165) is 18.4 Å². The normalized spacial score (nSPS) is 16.4. The van der Waals surface area contributed by atoms with Gasteiger partial charge in [-0.15, -0.1) is 0 Å². The maximum Gasteiger partial charge on any atom is 0.232 e. The van der Waals surface area contributed by atoms with E-state index in [1.165, 1.54) is 6.07 Å². The largest absolute Gasteiger partial charge is 0.356 e. The second kappa shape index (κ2) is 7.05. The fourth-order valence-electron chi connectivity index (χ4n) is 2.85. The Morgan fingerprint density at radius 2 is 2.00 bits per heavy atom. The van der Waals surface area contributed by atoms with Crippen molar-refractivity contribution in [2.24, 2.45) is 4.99 Å². The number of aliphatic imine (C=N–C) groups is 1. The number of aromatic nitrogens is 2. The third-order valence-electron chi connectivity index (χ3n) is 4.64. The van der Waals surface area contributed by atoms with Crippen molar-refractivity contribution in [2.75, 3.05) is 13.6 Å². The highest BCUT2D eigenvalue weighted by Crippen LogP contribution is 2.48. The number of rotatable bonds is 5. The Morgan fingerprint density at radius 3 is 2.58 bits per heavy atom. The first-order valence-corrected chi connectivity index (χ1v) is 8.87. The molecule has 1 aromatic heterocycles. The van der Waals surface area contributed by atoms with Gasteiger partial charge in [-0.2, -0.15) is 4.98 Å². The summed E-state index contributed by atoms with van der Waals surface area (Å²) >= 11 is 0. The summed E-state index contributed by atoms with van der Waals surface area (Å²) in [6, 6.07) is 6.99. The highest BCUT2D eigenvalue weighted by Gasteiger charge is 2.45. The predicted octanol–water partition coefficient (Wildman–Crippen LogP) is 2.90. The van der Waals surface area contributed by atoms with E-state index >= 15 is 0 Å². The van der Waals surface area contributed by atoms with Crippen molar-refractivity contribution in [1.29, 1.82) is 0 Å². The predicted molar refractivity (Wildman–Crippen MR) is 98.5 cm³/mol. The van der Waals surface area contributed by atoms with E-state index < -0.39 is 0 Å². The summed E-state index contributed by atoms with van der Waals surface area (Å²) in [6.45, 7) is 7.11. The Morgan fingerprint density at radius 1 is 1.27 bits per heavy atom. The first-order chi connectivity index (χ1) is 12.3. The maximum absolute atomic E-state index is 14.1. The lowest BCUT2D eigenvalue weighted by Gasteiger charge is -2.19. The molecule has 6 nitrogen and oxygen atoms in total. The zero-order valence-electron chi connectivity index (χ0n) is 15.8. The summed E-state index contributed by atoms with van der Waals surface area (Å²) in [5.41, 5.74) is 0.452. The topological polar surface area (TPSA) is 75.3 Å². The molecular weight excluding hydrogens is 333 g/mol. The molecule has 0 amide bonds. The molecule has 1 fully saturated rings. The van der Waals surface area contributed by atoms with Gasteiger partial charge in [0.2, 0.25) is 5.89 Å². The van der Waals surface area contributed by atoms with Crippen LogP contribution in [-0.2, 0) is 17.4 Å². The van der Waals surface area contributed by atoms with Crippen molar-refractivity contribution in [3.63, 3.8) is 0 Å². The Balaban J connectivity index is 1.56. The molecule has 0 radical (unpaired) electrons. The van der Waals surface area contributed by atoms with Gasteiger partial charge < -0.3 is 15.2 Å². The lowest BCUT2D eigenvalue weighted by molar-refractivity contribution is 0.318. The Labute approximate surface area is 153 Å². The molecule has 0 bridgehead atoms. The van der Waals surface area contributed by atoms with Gasteiger partial charge in [0.05, 0.1) is 6.54 Å². The third-order valence-corrected chi connectivity index (χ3v) is 4.64. The molecule has 140 valence electrons. The molecule has 1 heterocycles. The van der Waals surface area contributed by atoms with E-state index in [1.54, 1.807) is 13.1 Å². The summed E-state index contributed by atoms with van der Waals surface area (Å²) in [4.78, 5) is 8.62. The molecule has 7 heteroatoms. The van der Waals surface area contributed by atoms with Gasteiger partial charge in [0.25, 0.3) is 0 Å². The highest BCUT2D eigenvalue weighted by atomic mass is 19.1. The highest BCUT2D eigenvalue weighted by molar-refractivity contribution is 5.79. The van der Waals surface area contributed by atoms with Crippen LogP contribution in [0.15, 0.2) is 33.8 Å². The fraction of sp³-hybridized carbons (Fsp3) is 0.526. The van der Waals surface area contributed by atoms with Crippen LogP contribution in [0.2, 0.25) is 0 Å².